The number of aryl methyl sites for hydroxylation is 1. The summed E-state index contributed by atoms with van der Waals surface area (Å²) < 4.78 is 11.7. The lowest BCUT2D eigenvalue weighted by molar-refractivity contribution is 0.263. The van der Waals surface area contributed by atoms with E-state index < -0.39 is 8.56 Å². The maximum atomic E-state index is 6.04. The third-order valence-electron chi connectivity index (χ3n) is 2.34. The minimum absolute atomic E-state index is 0.717. The highest BCUT2D eigenvalue weighted by molar-refractivity contribution is 6.65. The predicted molar refractivity (Wildman–Crippen MR) is 70.2 cm³/mol. The molecule has 0 fully saturated rings. The summed E-state index contributed by atoms with van der Waals surface area (Å²) in [5, 5.41) is 0. The van der Waals surface area contributed by atoms with Gasteiger partial charge < -0.3 is 8.85 Å². The van der Waals surface area contributed by atoms with E-state index in [-0.39, 0.29) is 0 Å². The average molecular weight is 238 g/mol. The van der Waals surface area contributed by atoms with E-state index in [0.717, 1.165) is 25.2 Å². The molecule has 0 unspecified atom stereocenters. The largest absolute Gasteiger partial charge is 0.520 e. The van der Waals surface area contributed by atoms with Crippen molar-refractivity contribution < 1.29 is 8.85 Å². The first kappa shape index (κ1) is 13.3. The average Bonchev–Trinajstić information content (AvgIpc) is 2.20. The summed E-state index contributed by atoms with van der Waals surface area (Å²) in [5.41, 5.74) is 1.28. The van der Waals surface area contributed by atoms with Crippen molar-refractivity contribution in [2.24, 2.45) is 0 Å². The molecule has 0 aliphatic heterocycles. The van der Waals surface area contributed by atoms with Crippen LogP contribution in [0.2, 0.25) is 13.1 Å². The van der Waals surface area contributed by atoms with Crippen molar-refractivity contribution in [3.63, 3.8) is 0 Å². The molecular formula is C13H22O2Si. The molecule has 3 heteroatoms. The van der Waals surface area contributed by atoms with Gasteiger partial charge in [-0.1, -0.05) is 31.5 Å². The van der Waals surface area contributed by atoms with Gasteiger partial charge in [-0.15, -0.1) is 0 Å². The Balaban J connectivity index is 2.79. The molecule has 0 atom stereocenters. The van der Waals surface area contributed by atoms with E-state index in [4.69, 9.17) is 8.85 Å². The molecule has 1 rings (SSSR count). The van der Waals surface area contributed by atoms with Crippen LogP contribution < -0.4 is 4.43 Å². The van der Waals surface area contributed by atoms with E-state index in [1.807, 2.05) is 19.1 Å². The molecule has 0 amide bonds. The van der Waals surface area contributed by atoms with E-state index >= 15 is 0 Å². The lowest BCUT2D eigenvalue weighted by Gasteiger charge is -2.24. The summed E-state index contributed by atoms with van der Waals surface area (Å²) in [7, 11) is -2.00. The molecule has 0 aliphatic carbocycles. The molecule has 16 heavy (non-hydrogen) atoms. The van der Waals surface area contributed by atoms with Gasteiger partial charge in [-0.3, -0.25) is 0 Å². The van der Waals surface area contributed by atoms with Gasteiger partial charge in [0.05, 0.1) is 0 Å². The SMILES string of the molecule is CCCc1ccccc1O[Si](C)(C)OCC. The molecule has 0 heterocycles. The monoisotopic (exact) mass is 238 g/mol. The van der Waals surface area contributed by atoms with Crippen molar-refractivity contribution >= 4 is 8.56 Å². The predicted octanol–water partition coefficient (Wildman–Crippen LogP) is 3.76. The van der Waals surface area contributed by atoms with Crippen molar-refractivity contribution in [3.8, 4) is 5.75 Å². The Bertz CT molecular complexity index is 323. The van der Waals surface area contributed by atoms with Crippen LogP contribution in [0.3, 0.4) is 0 Å². The Labute approximate surface area is 99.8 Å². The zero-order valence-electron chi connectivity index (χ0n) is 10.7. The first-order valence-electron chi connectivity index (χ1n) is 6.00. The van der Waals surface area contributed by atoms with Crippen molar-refractivity contribution in [3.05, 3.63) is 29.8 Å². The van der Waals surface area contributed by atoms with Crippen molar-refractivity contribution in [2.75, 3.05) is 6.61 Å². The molecule has 0 saturated carbocycles. The molecule has 90 valence electrons. The fourth-order valence-corrected chi connectivity index (χ4v) is 3.20. The van der Waals surface area contributed by atoms with Crippen molar-refractivity contribution in [2.45, 2.75) is 39.8 Å². The lowest BCUT2D eigenvalue weighted by atomic mass is 10.1. The summed E-state index contributed by atoms with van der Waals surface area (Å²) in [6, 6.07) is 8.26. The summed E-state index contributed by atoms with van der Waals surface area (Å²) in [4.78, 5) is 0. The molecule has 0 aliphatic rings. The van der Waals surface area contributed by atoms with Crippen LogP contribution in [-0.2, 0) is 10.8 Å². The third-order valence-corrected chi connectivity index (χ3v) is 4.04. The van der Waals surface area contributed by atoms with Crippen LogP contribution in [0.5, 0.6) is 5.75 Å². The highest BCUT2D eigenvalue weighted by Gasteiger charge is 2.26. The molecule has 0 spiro atoms. The number of benzene rings is 1. The van der Waals surface area contributed by atoms with Gasteiger partial charge >= 0.3 is 8.56 Å². The number of hydrogen-bond acceptors (Lipinski definition) is 2. The van der Waals surface area contributed by atoms with Crippen molar-refractivity contribution in [1.82, 2.24) is 0 Å². The molecule has 0 radical (unpaired) electrons. The van der Waals surface area contributed by atoms with Crippen LogP contribution in [-0.4, -0.2) is 15.2 Å². The molecule has 1 aromatic rings. The second kappa shape index (κ2) is 6.06. The third kappa shape index (κ3) is 3.98. The first-order chi connectivity index (χ1) is 7.59. The fraction of sp³-hybridized carbons (Fsp3) is 0.538. The van der Waals surface area contributed by atoms with Crippen LogP contribution in [0, 0.1) is 0 Å². The van der Waals surface area contributed by atoms with Gasteiger partial charge in [-0.2, -0.15) is 0 Å². The van der Waals surface area contributed by atoms with Gasteiger partial charge in [0.1, 0.15) is 5.75 Å². The highest BCUT2D eigenvalue weighted by atomic mass is 28.4. The maximum absolute atomic E-state index is 6.04. The Morgan fingerprint density at radius 1 is 1.12 bits per heavy atom. The molecule has 1 aromatic carbocycles. The lowest BCUT2D eigenvalue weighted by Crippen LogP contribution is -2.38. The molecule has 0 N–H and O–H groups in total. The highest BCUT2D eigenvalue weighted by Crippen LogP contribution is 2.23. The first-order valence-corrected chi connectivity index (χ1v) is 8.81. The molecule has 0 bridgehead atoms. The van der Waals surface area contributed by atoms with Crippen LogP contribution in [0.4, 0.5) is 0 Å². The summed E-state index contributed by atoms with van der Waals surface area (Å²) in [5.74, 6) is 0.995. The van der Waals surface area contributed by atoms with Gasteiger partial charge in [0.25, 0.3) is 0 Å². The summed E-state index contributed by atoms with van der Waals surface area (Å²) in [6.07, 6.45) is 2.20. The van der Waals surface area contributed by atoms with Gasteiger partial charge in [-0.25, -0.2) is 0 Å². The maximum Gasteiger partial charge on any atom is 0.392 e. The number of rotatable bonds is 6. The standard InChI is InChI=1S/C13H22O2Si/c1-5-9-12-10-7-8-11-13(12)15-16(3,4)14-6-2/h7-8,10-11H,5-6,9H2,1-4H3. The van der Waals surface area contributed by atoms with E-state index in [1.165, 1.54) is 5.56 Å². The van der Waals surface area contributed by atoms with Crippen LogP contribution in [0.15, 0.2) is 24.3 Å². The quantitative estimate of drug-likeness (QED) is 0.703. The Morgan fingerprint density at radius 3 is 2.44 bits per heavy atom. The van der Waals surface area contributed by atoms with E-state index in [0.29, 0.717) is 0 Å². The Morgan fingerprint density at radius 2 is 1.81 bits per heavy atom. The fourth-order valence-electron chi connectivity index (χ4n) is 1.72. The Hall–Kier alpha value is -0.803. The molecule has 2 nitrogen and oxygen atoms in total. The van der Waals surface area contributed by atoms with Gasteiger partial charge in [-0.05, 0) is 38.1 Å². The molecular weight excluding hydrogens is 216 g/mol. The van der Waals surface area contributed by atoms with Gasteiger partial charge in [0.2, 0.25) is 0 Å². The zero-order chi connectivity index (χ0) is 12.0. The summed E-state index contributed by atoms with van der Waals surface area (Å²) >= 11 is 0. The van der Waals surface area contributed by atoms with Gasteiger partial charge in [0.15, 0.2) is 0 Å². The topological polar surface area (TPSA) is 18.5 Å². The van der Waals surface area contributed by atoms with E-state index in [9.17, 15) is 0 Å². The minimum Gasteiger partial charge on any atom is -0.520 e. The molecule has 0 aromatic heterocycles. The van der Waals surface area contributed by atoms with E-state index in [1.54, 1.807) is 0 Å². The normalized spacial score (nSPS) is 11.5. The summed E-state index contributed by atoms with van der Waals surface area (Å²) in [6.45, 7) is 9.07. The number of hydrogen-bond donors (Lipinski definition) is 0. The zero-order valence-corrected chi connectivity index (χ0v) is 11.7. The second-order valence-electron chi connectivity index (χ2n) is 4.29. The van der Waals surface area contributed by atoms with Crippen LogP contribution >= 0.6 is 0 Å². The second-order valence-corrected chi connectivity index (χ2v) is 7.59. The van der Waals surface area contributed by atoms with Crippen LogP contribution in [0.25, 0.3) is 0 Å². The molecule has 0 saturated heterocycles. The van der Waals surface area contributed by atoms with E-state index in [2.05, 4.69) is 32.2 Å². The van der Waals surface area contributed by atoms with Gasteiger partial charge in [0, 0.05) is 6.61 Å². The minimum atomic E-state index is -2.00. The smallest absolute Gasteiger partial charge is 0.392 e. The number of para-hydroxylation sites is 1. The van der Waals surface area contributed by atoms with Crippen LogP contribution in [0.1, 0.15) is 25.8 Å². The van der Waals surface area contributed by atoms with Crippen molar-refractivity contribution in [1.29, 1.82) is 0 Å². The Kier molecular flexibility index (Phi) is 5.02.